The molecule has 1 saturated carbocycles. The van der Waals surface area contributed by atoms with Crippen molar-refractivity contribution in [3.63, 3.8) is 0 Å². The van der Waals surface area contributed by atoms with Crippen molar-refractivity contribution in [1.82, 2.24) is 5.32 Å². The first-order valence-electron chi connectivity index (χ1n) is 12.6. The number of benzene rings is 2. The van der Waals surface area contributed by atoms with Crippen molar-refractivity contribution in [2.24, 2.45) is 5.92 Å². The van der Waals surface area contributed by atoms with Crippen LogP contribution in [0.3, 0.4) is 0 Å². The van der Waals surface area contributed by atoms with Crippen molar-refractivity contribution in [3.05, 3.63) is 58.3 Å². The number of rotatable bonds is 10. The van der Waals surface area contributed by atoms with Crippen LogP contribution in [0.2, 0.25) is 0 Å². The highest BCUT2D eigenvalue weighted by molar-refractivity contribution is 9.10. The topological polar surface area (TPSA) is 89.8 Å². The van der Waals surface area contributed by atoms with Gasteiger partial charge in [-0.25, -0.2) is 0 Å². The lowest BCUT2D eigenvalue weighted by atomic mass is 9.82. The van der Waals surface area contributed by atoms with Crippen LogP contribution in [0.4, 0.5) is 5.69 Å². The summed E-state index contributed by atoms with van der Waals surface area (Å²) in [5, 5.41) is 7.44. The minimum Gasteiger partial charge on any atom is -0.497 e. The molecule has 2 aromatic carbocycles. The van der Waals surface area contributed by atoms with Crippen LogP contribution in [0.5, 0.6) is 5.75 Å². The Morgan fingerprint density at radius 3 is 2.56 bits per heavy atom. The van der Waals surface area contributed by atoms with Gasteiger partial charge < -0.3 is 24.5 Å². The molecule has 1 unspecified atom stereocenters. The minimum absolute atomic E-state index is 0.0117. The van der Waals surface area contributed by atoms with Crippen molar-refractivity contribution in [3.8, 4) is 5.75 Å². The van der Waals surface area contributed by atoms with Gasteiger partial charge in [-0.15, -0.1) is 0 Å². The van der Waals surface area contributed by atoms with Gasteiger partial charge in [-0.3, -0.25) is 9.59 Å². The number of hydrogen-bond acceptors (Lipinski definition) is 6. The van der Waals surface area contributed by atoms with Gasteiger partial charge in [0.15, 0.2) is 0 Å². The van der Waals surface area contributed by atoms with Gasteiger partial charge in [0, 0.05) is 23.2 Å². The summed E-state index contributed by atoms with van der Waals surface area (Å²) in [6, 6.07) is 13.2. The van der Waals surface area contributed by atoms with Crippen molar-refractivity contribution in [1.29, 1.82) is 0 Å². The minimum atomic E-state index is -0.318. The summed E-state index contributed by atoms with van der Waals surface area (Å²) in [6.07, 6.45) is 6.10. The molecular formula is C28H33BrN2O5. The molecule has 0 saturated heterocycles. The van der Waals surface area contributed by atoms with Gasteiger partial charge in [0.25, 0.3) is 5.91 Å². The van der Waals surface area contributed by atoms with E-state index in [0.717, 1.165) is 45.5 Å². The summed E-state index contributed by atoms with van der Waals surface area (Å²) in [4.78, 5) is 23.9. The fraction of sp³-hybridized carbons (Fsp3) is 0.429. The molecule has 2 N–H and O–H groups in total. The molecule has 0 spiro atoms. The van der Waals surface area contributed by atoms with Gasteiger partial charge in [-0.1, -0.05) is 19.3 Å². The summed E-state index contributed by atoms with van der Waals surface area (Å²) in [5.41, 5.74) is 2.27. The average molecular weight is 557 g/mol. The van der Waals surface area contributed by atoms with E-state index >= 15 is 0 Å². The molecule has 1 aliphatic rings. The lowest BCUT2D eigenvalue weighted by molar-refractivity contribution is -0.142. The second-order valence-corrected chi connectivity index (χ2v) is 9.84. The van der Waals surface area contributed by atoms with Gasteiger partial charge in [0.05, 0.1) is 30.7 Å². The molecule has 36 heavy (non-hydrogen) atoms. The molecule has 7 nitrogen and oxygen atoms in total. The standard InChI is InChI=1S/C28H33BrN2O5/c1-3-35-24(32)15-16-30-28(33)19-9-11-20(12-10-19)31-26(18-7-5-4-6-8-18)27-25(29)22-17-21(34-2)13-14-23(22)36-27/h9-14,17-18,26,31H,3-8,15-16H2,1-2H3,(H,30,33). The second kappa shape index (κ2) is 12.3. The van der Waals surface area contributed by atoms with E-state index in [1.165, 1.54) is 19.3 Å². The zero-order chi connectivity index (χ0) is 25.5. The number of nitrogens with one attached hydrogen (secondary N) is 2. The first kappa shape index (κ1) is 26.1. The maximum atomic E-state index is 12.5. The molecule has 0 radical (unpaired) electrons. The number of carbonyl (C=O) groups is 2. The maximum absolute atomic E-state index is 12.5. The Morgan fingerprint density at radius 2 is 1.86 bits per heavy atom. The van der Waals surface area contributed by atoms with E-state index in [0.29, 0.717) is 18.1 Å². The number of furan rings is 1. The summed E-state index contributed by atoms with van der Waals surface area (Å²) >= 11 is 3.80. The van der Waals surface area contributed by atoms with Gasteiger partial charge in [0.1, 0.15) is 17.1 Å². The average Bonchev–Trinajstić information content (AvgIpc) is 3.23. The van der Waals surface area contributed by atoms with E-state index in [4.69, 9.17) is 13.9 Å². The van der Waals surface area contributed by atoms with Crippen LogP contribution < -0.4 is 15.4 Å². The highest BCUT2D eigenvalue weighted by Crippen LogP contribution is 2.43. The molecule has 0 bridgehead atoms. The number of fused-ring (bicyclic) bond motifs is 1. The predicted octanol–water partition coefficient (Wildman–Crippen LogP) is 6.62. The number of anilines is 1. The fourth-order valence-corrected chi connectivity index (χ4v) is 5.41. The largest absolute Gasteiger partial charge is 0.497 e. The molecule has 3 aromatic rings. The summed E-state index contributed by atoms with van der Waals surface area (Å²) in [7, 11) is 1.66. The van der Waals surface area contributed by atoms with Crippen LogP contribution >= 0.6 is 15.9 Å². The summed E-state index contributed by atoms with van der Waals surface area (Å²) < 4.78 is 17.6. The predicted molar refractivity (Wildman–Crippen MR) is 143 cm³/mol. The Balaban J connectivity index is 1.50. The second-order valence-electron chi connectivity index (χ2n) is 9.05. The molecule has 0 aliphatic heterocycles. The normalized spacial score (nSPS) is 14.9. The molecule has 1 fully saturated rings. The van der Waals surface area contributed by atoms with Crippen molar-refractivity contribution in [2.75, 3.05) is 25.6 Å². The third-order valence-electron chi connectivity index (χ3n) is 6.65. The van der Waals surface area contributed by atoms with E-state index in [2.05, 4.69) is 26.6 Å². The zero-order valence-electron chi connectivity index (χ0n) is 20.8. The quantitative estimate of drug-likeness (QED) is 0.273. The van der Waals surface area contributed by atoms with Gasteiger partial charge in [0.2, 0.25) is 0 Å². The van der Waals surface area contributed by atoms with E-state index in [-0.39, 0.29) is 30.9 Å². The van der Waals surface area contributed by atoms with Crippen molar-refractivity contribution in [2.45, 2.75) is 51.5 Å². The first-order chi connectivity index (χ1) is 17.5. The highest BCUT2D eigenvalue weighted by Gasteiger charge is 2.30. The van der Waals surface area contributed by atoms with E-state index in [1.807, 2.05) is 30.3 Å². The van der Waals surface area contributed by atoms with Crippen LogP contribution in [0.1, 0.15) is 67.6 Å². The number of carbonyl (C=O) groups excluding carboxylic acids is 2. The number of ether oxygens (including phenoxy) is 2. The van der Waals surface area contributed by atoms with Crippen molar-refractivity contribution < 1.29 is 23.5 Å². The van der Waals surface area contributed by atoms with Gasteiger partial charge in [-0.2, -0.15) is 0 Å². The Bertz CT molecular complexity index is 1180. The number of hydrogen-bond donors (Lipinski definition) is 2. The Labute approximate surface area is 220 Å². The van der Waals surface area contributed by atoms with Crippen LogP contribution in [0, 0.1) is 5.92 Å². The van der Waals surface area contributed by atoms with E-state index < -0.39 is 0 Å². The van der Waals surface area contributed by atoms with Crippen LogP contribution in [0.15, 0.2) is 51.4 Å². The third-order valence-corrected chi connectivity index (χ3v) is 7.47. The van der Waals surface area contributed by atoms with Crippen LogP contribution in [0.25, 0.3) is 11.0 Å². The maximum Gasteiger partial charge on any atom is 0.307 e. The lowest BCUT2D eigenvalue weighted by Crippen LogP contribution is -2.26. The molecule has 1 atom stereocenters. The lowest BCUT2D eigenvalue weighted by Gasteiger charge is -2.30. The number of methoxy groups -OCH3 is 1. The molecule has 1 heterocycles. The number of amides is 1. The molecule has 8 heteroatoms. The van der Waals surface area contributed by atoms with Crippen LogP contribution in [-0.2, 0) is 9.53 Å². The molecule has 1 aromatic heterocycles. The number of esters is 1. The van der Waals surface area contributed by atoms with Gasteiger partial charge >= 0.3 is 5.97 Å². The Kier molecular flexibility index (Phi) is 8.91. The Morgan fingerprint density at radius 1 is 1.11 bits per heavy atom. The van der Waals surface area contributed by atoms with Crippen LogP contribution in [-0.4, -0.2) is 32.1 Å². The number of halogens is 1. The smallest absolute Gasteiger partial charge is 0.307 e. The zero-order valence-corrected chi connectivity index (χ0v) is 22.4. The van der Waals surface area contributed by atoms with E-state index in [9.17, 15) is 9.59 Å². The summed E-state index contributed by atoms with van der Waals surface area (Å²) in [6.45, 7) is 2.34. The van der Waals surface area contributed by atoms with Gasteiger partial charge in [-0.05, 0) is 84.1 Å². The third kappa shape index (κ3) is 6.22. The molecule has 4 rings (SSSR count). The Hall–Kier alpha value is -3.00. The molecule has 1 aliphatic carbocycles. The van der Waals surface area contributed by atoms with E-state index in [1.54, 1.807) is 26.2 Å². The fourth-order valence-electron chi connectivity index (χ4n) is 4.77. The summed E-state index contributed by atoms with van der Waals surface area (Å²) in [5.74, 6) is 1.56. The molecule has 1 amide bonds. The monoisotopic (exact) mass is 556 g/mol. The molecule has 192 valence electrons. The SMILES string of the molecule is CCOC(=O)CCNC(=O)c1ccc(NC(c2oc3ccc(OC)cc3c2Br)C2CCCCC2)cc1. The highest BCUT2D eigenvalue weighted by atomic mass is 79.9. The molecular weight excluding hydrogens is 524 g/mol. The van der Waals surface area contributed by atoms with Crippen molar-refractivity contribution >= 4 is 44.5 Å². The first-order valence-corrected chi connectivity index (χ1v) is 13.4.